The summed E-state index contributed by atoms with van der Waals surface area (Å²) in [5.41, 5.74) is 0. The predicted octanol–water partition coefficient (Wildman–Crippen LogP) is 3.54. The van der Waals surface area contributed by atoms with Crippen LogP contribution < -0.4 is 0 Å². The van der Waals surface area contributed by atoms with Crippen LogP contribution in [0.2, 0.25) is 0 Å². The Morgan fingerprint density at radius 2 is 1.20 bits per heavy atom. The van der Waals surface area contributed by atoms with Gasteiger partial charge in [0.05, 0.1) is 5.34 Å². The molecule has 0 N–H and O–H groups in total. The van der Waals surface area contributed by atoms with Crippen LogP contribution >= 0.6 is 0 Å². The third-order valence-electron chi connectivity index (χ3n) is 1.77. The number of ether oxygens (including phenoxy) is 1. The van der Waals surface area contributed by atoms with Crippen LogP contribution in [-0.2, 0) is 4.74 Å². The minimum absolute atomic E-state index is 2.39. The van der Waals surface area contributed by atoms with Crippen molar-refractivity contribution in [3.05, 3.63) is 0 Å². The Morgan fingerprint density at radius 3 is 1.55 bits per heavy atom. The molecule has 0 aromatic carbocycles. The van der Waals surface area contributed by atoms with Gasteiger partial charge in [-0.3, -0.25) is 0 Å². The lowest BCUT2D eigenvalue weighted by Gasteiger charge is -2.24. The molecule has 0 aliphatic rings. The zero-order valence-corrected chi connectivity index (χ0v) is 9.08. The average molecular weight is 329 g/mol. The Kier molecular flexibility index (Phi) is 6.02. The van der Waals surface area contributed by atoms with Crippen LogP contribution in [0.15, 0.2) is 0 Å². The van der Waals surface area contributed by atoms with E-state index in [1.807, 2.05) is 0 Å². The second kappa shape index (κ2) is 6.28. The first-order valence-corrected chi connectivity index (χ1v) is 4.51. The summed E-state index contributed by atoms with van der Waals surface area (Å²) in [6.45, 7) is -4.88. The van der Waals surface area contributed by atoms with Crippen LogP contribution in [0.3, 0.4) is 0 Å². The van der Waals surface area contributed by atoms with E-state index in [-0.39, 0.29) is 0 Å². The second-order valence-electron chi connectivity index (χ2n) is 3.51. The molecule has 0 spiro atoms. The largest absolute Gasteiger partial charge is 0.425 e. The van der Waals surface area contributed by atoms with Gasteiger partial charge in [0, 0.05) is 0 Å². The molecular formula is C7H6F11NO. The number of hydrogen-bond acceptors (Lipinski definition) is 2. The van der Waals surface area contributed by atoms with E-state index in [9.17, 15) is 48.5 Å². The number of halogens is 11. The van der Waals surface area contributed by atoms with Crippen molar-refractivity contribution < 1.29 is 53.2 Å². The molecule has 13 heteroatoms. The van der Waals surface area contributed by atoms with E-state index in [0.717, 1.165) is 0 Å². The van der Waals surface area contributed by atoms with Gasteiger partial charge >= 0.3 is 18.0 Å². The molecule has 2 unspecified atom stereocenters. The first-order chi connectivity index (χ1) is 8.72. The summed E-state index contributed by atoms with van der Waals surface area (Å²) in [5.74, 6) is -10.2. The van der Waals surface area contributed by atoms with Gasteiger partial charge in [-0.2, -0.15) is 22.0 Å². The Morgan fingerprint density at radius 1 is 0.800 bits per heavy atom. The third-order valence-corrected chi connectivity index (χ3v) is 1.77. The highest BCUT2D eigenvalue weighted by atomic mass is 19.4. The lowest BCUT2D eigenvalue weighted by atomic mass is 10.2. The van der Waals surface area contributed by atoms with E-state index < -0.39 is 49.0 Å². The average Bonchev–Trinajstić information content (AvgIpc) is 2.24. The lowest BCUT2D eigenvalue weighted by molar-refractivity contribution is -0.299. The number of rotatable bonds is 7. The summed E-state index contributed by atoms with van der Waals surface area (Å²) < 4.78 is 136. The number of nitrogens with zero attached hydrogens (tertiary/aromatic N) is 1. The van der Waals surface area contributed by atoms with E-state index in [0.29, 0.717) is 0 Å². The van der Waals surface area contributed by atoms with Gasteiger partial charge in [0.2, 0.25) is 0 Å². The SMILES string of the molecule is FC(N(F)F)C(F)(F)COCC(F)(F)C(F)C(F)(F)F. The maximum absolute atomic E-state index is 12.5. The molecule has 0 fully saturated rings. The predicted molar refractivity (Wildman–Crippen MR) is 40.6 cm³/mol. The van der Waals surface area contributed by atoms with E-state index in [1.165, 1.54) is 0 Å². The Labute approximate surface area is 103 Å². The first-order valence-electron chi connectivity index (χ1n) is 4.51. The van der Waals surface area contributed by atoms with Crippen LogP contribution in [0.1, 0.15) is 0 Å². The lowest BCUT2D eigenvalue weighted by Crippen LogP contribution is -2.47. The molecule has 0 radical (unpaired) electrons. The molecule has 0 aromatic rings. The monoisotopic (exact) mass is 329 g/mol. The standard InChI is InChI=1S/C7H6F11NO/c8-3(7(14,15)16)5(10,11)1-20-2-6(12,13)4(9)19(17)18/h3-4H,1-2H2. The second-order valence-corrected chi connectivity index (χ2v) is 3.51. The first kappa shape index (κ1) is 19.1. The molecule has 0 bridgehead atoms. The quantitative estimate of drug-likeness (QED) is 0.402. The maximum Gasteiger partial charge on any atom is 0.425 e. The van der Waals surface area contributed by atoms with Gasteiger partial charge < -0.3 is 4.74 Å². The highest BCUT2D eigenvalue weighted by Gasteiger charge is 2.57. The fraction of sp³-hybridized carbons (Fsp3) is 1.00. The molecule has 0 heterocycles. The van der Waals surface area contributed by atoms with Crippen LogP contribution in [-0.4, -0.2) is 49.0 Å². The van der Waals surface area contributed by atoms with Gasteiger partial charge in [-0.05, 0) is 0 Å². The molecule has 0 aliphatic heterocycles. The van der Waals surface area contributed by atoms with Gasteiger partial charge in [0.1, 0.15) is 13.2 Å². The number of hydrogen-bond donors (Lipinski definition) is 0. The van der Waals surface area contributed by atoms with Crippen molar-refractivity contribution in [2.75, 3.05) is 13.2 Å². The summed E-state index contributed by atoms with van der Waals surface area (Å²) in [7, 11) is 0. The summed E-state index contributed by atoms with van der Waals surface area (Å²) in [6, 6.07) is 0. The Hall–Kier alpha value is -0.850. The molecular weight excluding hydrogens is 323 g/mol. The normalized spacial score (nSPS) is 17.4. The molecule has 2 nitrogen and oxygen atoms in total. The van der Waals surface area contributed by atoms with Crippen molar-refractivity contribution in [3.63, 3.8) is 0 Å². The van der Waals surface area contributed by atoms with Gasteiger partial charge in [-0.1, -0.05) is 8.96 Å². The van der Waals surface area contributed by atoms with Crippen LogP contribution in [0.5, 0.6) is 0 Å². The highest BCUT2D eigenvalue weighted by Crippen LogP contribution is 2.35. The zero-order valence-electron chi connectivity index (χ0n) is 9.08. The van der Waals surface area contributed by atoms with E-state index in [4.69, 9.17) is 0 Å². The minimum atomic E-state index is -5.98. The minimum Gasteiger partial charge on any atom is -0.369 e. The van der Waals surface area contributed by atoms with Gasteiger partial charge in [-0.15, -0.1) is 0 Å². The van der Waals surface area contributed by atoms with Crippen molar-refractivity contribution >= 4 is 0 Å². The molecule has 2 atom stereocenters. The Bertz CT molecular complexity index is 304. The third kappa shape index (κ3) is 5.26. The fourth-order valence-electron chi connectivity index (χ4n) is 0.847. The van der Waals surface area contributed by atoms with Crippen LogP contribution in [0, 0.1) is 0 Å². The molecule has 20 heavy (non-hydrogen) atoms. The highest BCUT2D eigenvalue weighted by molar-refractivity contribution is 4.83. The maximum atomic E-state index is 12.5. The van der Waals surface area contributed by atoms with Crippen LogP contribution in [0.4, 0.5) is 48.5 Å². The molecule has 0 saturated carbocycles. The number of alkyl halides is 9. The molecule has 0 saturated heterocycles. The summed E-state index contributed by atoms with van der Waals surface area (Å²) in [5, 5.41) is -2.59. The summed E-state index contributed by atoms with van der Waals surface area (Å²) in [4.78, 5) is 0. The molecule has 0 aliphatic carbocycles. The Balaban J connectivity index is 4.50. The van der Waals surface area contributed by atoms with E-state index in [2.05, 4.69) is 4.74 Å². The van der Waals surface area contributed by atoms with Gasteiger partial charge in [0.15, 0.2) is 0 Å². The fourth-order valence-corrected chi connectivity index (χ4v) is 0.847. The molecule has 0 rings (SSSR count). The van der Waals surface area contributed by atoms with Crippen molar-refractivity contribution in [2.45, 2.75) is 30.5 Å². The van der Waals surface area contributed by atoms with E-state index >= 15 is 0 Å². The van der Waals surface area contributed by atoms with Crippen molar-refractivity contribution in [3.8, 4) is 0 Å². The molecule has 0 aromatic heterocycles. The van der Waals surface area contributed by atoms with Gasteiger partial charge in [-0.25, -0.2) is 17.6 Å². The van der Waals surface area contributed by atoms with Crippen molar-refractivity contribution in [2.24, 2.45) is 0 Å². The topological polar surface area (TPSA) is 12.5 Å². The van der Waals surface area contributed by atoms with Crippen molar-refractivity contribution in [1.29, 1.82) is 0 Å². The van der Waals surface area contributed by atoms with Crippen molar-refractivity contribution in [1.82, 2.24) is 5.34 Å². The summed E-state index contributed by atoms with van der Waals surface area (Å²) in [6.07, 6.45) is -14.9. The van der Waals surface area contributed by atoms with E-state index in [1.54, 1.807) is 0 Å². The molecule has 0 amide bonds. The van der Waals surface area contributed by atoms with Gasteiger partial charge in [0.25, 0.3) is 12.5 Å². The van der Waals surface area contributed by atoms with Crippen LogP contribution in [0.25, 0.3) is 0 Å². The zero-order chi connectivity index (χ0) is 16.4. The summed E-state index contributed by atoms with van der Waals surface area (Å²) >= 11 is 0. The smallest absolute Gasteiger partial charge is 0.369 e. The molecule has 122 valence electrons.